The predicted molar refractivity (Wildman–Crippen MR) is 89.1 cm³/mol. The summed E-state index contributed by atoms with van der Waals surface area (Å²) in [6.45, 7) is 2.48. The Labute approximate surface area is 148 Å². The van der Waals surface area contributed by atoms with E-state index in [1.807, 2.05) is 24.3 Å². The van der Waals surface area contributed by atoms with Gasteiger partial charge in [0.15, 0.2) is 0 Å². The van der Waals surface area contributed by atoms with Crippen molar-refractivity contribution in [1.29, 1.82) is 0 Å². The van der Waals surface area contributed by atoms with Gasteiger partial charge >= 0.3 is 5.97 Å². The van der Waals surface area contributed by atoms with Crippen molar-refractivity contribution in [3.05, 3.63) is 34.6 Å². The van der Waals surface area contributed by atoms with Gasteiger partial charge in [-0.05, 0) is 24.3 Å². The summed E-state index contributed by atoms with van der Waals surface area (Å²) in [6, 6.07) is 7.70. The van der Waals surface area contributed by atoms with Crippen molar-refractivity contribution < 1.29 is 18.7 Å². The number of nitrogens with zero attached hydrogens (tertiary/aromatic N) is 3. The first-order chi connectivity index (χ1) is 11.6. The van der Waals surface area contributed by atoms with Gasteiger partial charge in [0.1, 0.15) is 0 Å². The summed E-state index contributed by atoms with van der Waals surface area (Å²) in [5.41, 5.74) is 0.877. The molecule has 8 heteroatoms. The van der Waals surface area contributed by atoms with Crippen molar-refractivity contribution in [3.63, 3.8) is 0 Å². The Hall–Kier alpha value is -1.77. The van der Waals surface area contributed by atoms with Gasteiger partial charge in [0.2, 0.25) is 11.8 Å². The van der Waals surface area contributed by atoms with E-state index in [4.69, 9.17) is 9.15 Å². The quantitative estimate of drug-likeness (QED) is 0.718. The molecule has 0 bridgehead atoms. The maximum Gasteiger partial charge on any atom is 0.308 e. The van der Waals surface area contributed by atoms with Gasteiger partial charge in [-0.1, -0.05) is 15.9 Å². The molecule has 1 aromatic carbocycles. The molecule has 2 heterocycles. The summed E-state index contributed by atoms with van der Waals surface area (Å²) in [5.74, 6) is 0.778. The second kappa shape index (κ2) is 7.87. The third-order valence-corrected chi connectivity index (χ3v) is 4.29. The third kappa shape index (κ3) is 4.40. The second-order valence-electron chi connectivity index (χ2n) is 5.52. The molecular formula is C16H18BrN3O4. The van der Waals surface area contributed by atoms with Gasteiger partial charge in [-0.3, -0.25) is 9.69 Å². The summed E-state index contributed by atoms with van der Waals surface area (Å²) in [6.07, 6.45) is 0.0844. The molecular weight excluding hydrogens is 378 g/mol. The van der Waals surface area contributed by atoms with Crippen LogP contribution in [0.3, 0.4) is 0 Å². The fourth-order valence-corrected chi connectivity index (χ4v) is 2.80. The van der Waals surface area contributed by atoms with Gasteiger partial charge in [-0.15, -0.1) is 10.2 Å². The zero-order chi connectivity index (χ0) is 16.9. The number of morpholine rings is 1. The van der Waals surface area contributed by atoms with Crippen molar-refractivity contribution in [2.45, 2.75) is 19.1 Å². The van der Waals surface area contributed by atoms with Crippen LogP contribution >= 0.6 is 15.9 Å². The van der Waals surface area contributed by atoms with Gasteiger partial charge in [0.25, 0.3) is 0 Å². The molecule has 7 nitrogen and oxygen atoms in total. The van der Waals surface area contributed by atoms with E-state index in [1.165, 1.54) is 7.11 Å². The van der Waals surface area contributed by atoms with Crippen molar-refractivity contribution in [3.8, 4) is 11.5 Å². The molecule has 1 aromatic heterocycles. The minimum absolute atomic E-state index is 0.167. The molecule has 3 rings (SSSR count). The molecule has 1 unspecified atom stereocenters. The molecule has 0 aliphatic carbocycles. The van der Waals surface area contributed by atoms with Crippen LogP contribution in [0.15, 0.2) is 33.2 Å². The van der Waals surface area contributed by atoms with Gasteiger partial charge in [-0.25, -0.2) is 0 Å². The highest BCUT2D eigenvalue weighted by molar-refractivity contribution is 9.10. The lowest BCUT2D eigenvalue weighted by molar-refractivity contribution is -0.145. The average Bonchev–Trinajstić information content (AvgIpc) is 3.04. The minimum Gasteiger partial charge on any atom is -0.469 e. The van der Waals surface area contributed by atoms with Crippen molar-refractivity contribution >= 4 is 21.9 Å². The monoisotopic (exact) mass is 395 g/mol. The second-order valence-corrected chi connectivity index (χ2v) is 6.43. The molecule has 1 atom stereocenters. The summed E-state index contributed by atoms with van der Waals surface area (Å²) >= 11 is 3.40. The number of methoxy groups -OCH3 is 1. The van der Waals surface area contributed by atoms with E-state index in [0.717, 1.165) is 16.6 Å². The zero-order valence-corrected chi connectivity index (χ0v) is 14.9. The molecule has 0 amide bonds. The van der Waals surface area contributed by atoms with Crippen LogP contribution in [-0.4, -0.2) is 54.0 Å². The number of rotatable bonds is 5. The minimum atomic E-state index is -0.267. The number of carbonyl (C=O) groups is 1. The van der Waals surface area contributed by atoms with Gasteiger partial charge in [0.05, 0.1) is 32.8 Å². The van der Waals surface area contributed by atoms with E-state index in [-0.39, 0.29) is 18.5 Å². The number of ether oxygens (including phenoxy) is 2. The fraction of sp³-hybridized carbons (Fsp3) is 0.438. The number of hydrogen-bond donors (Lipinski definition) is 0. The van der Waals surface area contributed by atoms with E-state index in [1.54, 1.807) is 0 Å². The van der Waals surface area contributed by atoms with Crippen LogP contribution in [0.4, 0.5) is 0 Å². The topological polar surface area (TPSA) is 77.7 Å². The molecule has 0 radical (unpaired) electrons. The van der Waals surface area contributed by atoms with Crippen LogP contribution in [0.5, 0.6) is 0 Å². The first kappa shape index (κ1) is 17.1. The van der Waals surface area contributed by atoms with Crippen LogP contribution in [0, 0.1) is 0 Å². The highest BCUT2D eigenvalue weighted by Gasteiger charge is 2.24. The van der Waals surface area contributed by atoms with E-state index in [2.05, 4.69) is 35.8 Å². The van der Waals surface area contributed by atoms with Gasteiger partial charge < -0.3 is 13.9 Å². The molecule has 0 saturated carbocycles. The lowest BCUT2D eigenvalue weighted by Gasteiger charge is -2.31. The van der Waals surface area contributed by atoms with Crippen molar-refractivity contribution in [2.24, 2.45) is 0 Å². The molecule has 1 fully saturated rings. The predicted octanol–water partition coefficient (Wildman–Crippen LogP) is 2.26. The van der Waals surface area contributed by atoms with E-state index in [0.29, 0.717) is 31.5 Å². The van der Waals surface area contributed by atoms with Crippen molar-refractivity contribution in [2.75, 3.05) is 26.8 Å². The number of halogens is 1. The first-order valence-corrected chi connectivity index (χ1v) is 8.42. The molecule has 128 valence electrons. The summed E-state index contributed by atoms with van der Waals surface area (Å²) < 4.78 is 17.0. The van der Waals surface area contributed by atoms with Crippen LogP contribution in [0.2, 0.25) is 0 Å². The Bertz CT molecular complexity index is 689. The smallest absolute Gasteiger partial charge is 0.308 e. The average molecular weight is 396 g/mol. The molecule has 1 saturated heterocycles. The highest BCUT2D eigenvalue weighted by atomic mass is 79.9. The number of benzene rings is 1. The number of aromatic nitrogens is 2. The molecule has 1 aliphatic heterocycles. The van der Waals surface area contributed by atoms with E-state index in [9.17, 15) is 4.79 Å². The maximum atomic E-state index is 11.4. The molecule has 2 aromatic rings. The zero-order valence-electron chi connectivity index (χ0n) is 13.3. The molecule has 0 spiro atoms. The standard InChI is InChI=1S/C16H18BrN3O4/c1-22-15(21)8-13-9-20(6-7-23-13)10-14-18-19-16(24-14)11-2-4-12(17)5-3-11/h2-5,13H,6-10H2,1H3. The third-order valence-electron chi connectivity index (χ3n) is 3.76. The Kier molecular flexibility index (Phi) is 5.60. The molecule has 1 aliphatic rings. The van der Waals surface area contributed by atoms with E-state index >= 15 is 0 Å². The number of carbonyl (C=O) groups excluding carboxylic acids is 1. The lowest BCUT2D eigenvalue weighted by Crippen LogP contribution is -2.42. The van der Waals surface area contributed by atoms with Gasteiger partial charge in [-0.2, -0.15) is 0 Å². The molecule has 0 N–H and O–H groups in total. The first-order valence-electron chi connectivity index (χ1n) is 7.63. The highest BCUT2D eigenvalue weighted by Crippen LogP contribution is 2.21. The van der Waals surface area contributed by atoms with E-state index < -0.39 is 0 Å². The van der Waals surface area contributed by atoms with Crippen LogP contribution in [-0.2, 0) is 20.8 Å². The van der Waals surface area contributed by atoms with Crippen LogP contribution in [0.1, 0.15) is 12.3 Å². The lowest BCUT2D eigenvalue weighted by atomic mass is 10.2. The largest absolute Gasteiger partial charge is 0.469 e. The Morgan fingerprint density at radius 3 is 2.92 bits per heavy atom. The number of esters is 1. The fourth-order valence-electron chi connectivity index (χ4n) is 2.53. The summed E-state index contributed by atoms with van der Waals surface area (Å²) in [7, 11) is 1.38. The Morgan fingerprint density at radius 1 is 1.38 bits per heavy atom. The maximum absolute atomic E-state index is 11.4. The Morgan fingerprint density at radius 2 is 2.17 bits per heavy atom. The van der Waals surface area contributed by atoms with Gasteiger partial charge in [0, 0.05) is 23.1 Å². The number of hydrogen-bond acceptors (Lipinski definition) is 7. The normalized spacial score (nSPS) is 18.5. The SMILES string of the molecule is COC(=O)CC1CN(Cc2nnc(-c3ccc(Br)cc3)o2)CCO1. The molecule has 24 heavy (non-hydrogen) atoms. The Balaban J connectivity index is 1.60. The van der Waals surface area contributed by atoms with Crippen LogP contribution < -0.4 is 0 Å². The summed E-state index contributed by atoms with van der Waals surface area (Å²) in [5, 5.41) is 8.21. The summed E-state index contributed by atoms with van der Waals surface area (Å²) in [4.78, 5) is 13.5. The van der Waals surface area contributed by atoms with Crippen molar-refractivity contribution in [1.82, 2.24) is 15.1 Å². The van der Waals surface area contributed by atoms with Crippen LogP contribution in [0.25, 0.3) is 11.5 Å².